The van der Waals surface area contributed by atoms with Crippen LogP contribution >= 0.6 is 0 Å². The molecule has 0 rings (SSSR count). The zero-order valence-electron chi connectivity index (χ0n) is 4.50. The maximum absolute atomic E-state index is 1.57. The van der Waals surface area contributed by atoms with E-state index in [4.69, 9.17) is 0 Å². The molecule has 0 heterocycles. The molecule has 0 atom stereocenters. The number of rotatable bonds is 0. The van der Waals surface area contributed by atoms with E-state index in [-0.39, 0.29) is 51.4 Å². The van der Waals surface area contributed by atoms with Crippen LogP contribution in [0.2, 0.25) is 0 Å². The van der Waals surface area contributed by atoms with Gasteiger partial charge in [0.25, 0.3) is 0 Å². The summed E-state index contributed by atoms with van der Waals surface area (Å²) in [4.78, 5) is 0. The van der Waals surface area contributed by atoms with Crippen molar-refractivity contribution >= 4 is 36.6 Å². The summed E-state index contributed by atoms with van der Waals surface area (Å²) in [5, 5.41) is 0. The fourth-order valence-corrected chi connectivity index (χ4v) is 0. The second kappa shape index (κ2) is 6.50. The molecule has 0 nitrogen and oxygen atoms in total. The summed E-state index contributed by atoms with van der Waals surface area (Å²) in [6.45, 7) is 0. The molecule has 5 heteroatoms. The van der Waals surface area contributed by atoms with Crippen LogP contribution in [0.15, 0.2) is 0 Å². The summed E-state index contributed by atoms with van der Waals surface area (Å²) in [7, 11) is 5.26. The molecule has 5 heavy (non-hydrogen) atoms. The van der Waals surface area contributed by atoms with E-state index in [0.717, 1.165) is 0 Å². The smallest absolute Gasteiger partial charge is 0.283 e. The molecule has 0 unspecified atom stereocenters. The van der Waals surface area contributed by atoms with Gasteiger partial charge in [-0.25, -0.2) is 0 Å². The van der Waals surface area contributed by atoms with Gasteiger partial charge in [-0.05, 0) is 0 Å². The molecule has 0 N–H and O–H groups in total. The van der Waals surface area contributed by atoms with Gasteiger partial charge >= 0.3 is 51.4 Å². The first-order chi connectivity index (χ1) is 1.73. The van der Waals surface area contributed by atoms with Crippen molar-refractivity contribution in [2.45, 2.75) is 0 Å². The Balaban J connectivity index is 0. The van der Waals surface area contributed by atoms with Crippen molar-refractivity contribution in [3.63, 3.8) is 0 Å². The molecule has 0 saturated heterocycles. The van der Waals surface area contributed by atoms with Crippen LogP contribution < -0.4 is 51.4 Å². The van der Waals surface area contributed by atoms with Crippen LogP contribution in [0.25, 0.3) is 0 Å². The normalized spacial score (nSPS) is 9.00. The zero-order valence-corrected chi connectivity index (χ0v) is 14.6. The third-order valence-electron chi connectivity index (χ3n) is 0. The second-order valence-corrected chi connectivity index (χ2v) is 40.5. The largest absolute Gasteiger partial charge is 1.00 e. The average Bonchev–Trinajstić information content (AvgIpc) is 0.811. The molecule has 0 aromatic heterocycles. The first kappa shape index (κ1) is 10.5. The van der Waals surface area contributed by atoms with Gasteiger partial charge in [0.2, 0.25) is 0 Å². The molecule has 0 amide bonds. The molecule has 0 saturated carbocycles. The van der Waals surface area contributed by atoms with Crippen LogP contribution in [-0.4, -0.2) is 36.6 Å². The predicted molar refractivity (Wildman–Crippen MR) is 35.6 cm³/mol. The summed E-state index contributed by atoms with van der Waals surface area (Å²) in [5.41, 5.74) is 0. The van der Waals surface area contributed by atoms with E-state index >= 15 is 0 Å². The van der Waals surface area contributed by atoms with Crippen molar-refractivity contribution in [1.82, 2.24) is 0 Å². The minimum Gasteiger partial charge on any atom is -0.283 e. The molecule has 26 valence electrons. The second-order valence-electron chi connectivity index (χ2n) is 1.50. The van der Waals surface area contributed by atoms with Gasteiger partial charge in [-0.15, -0.1) is 29.3 Å². The van der Waals surface area contributed by atoms with Crippen molar-refractivity contribution in [2.75, 3.05) is 0 Å². The van der Waals surface area contributed by atoms with Crippen LogP contribution in [-0.2, 0) is 0 Å². The van der Waals surface area contributed by atoms with E-state index in [1.165, 1.54) is 0 Å². The van der Waals surface area contributed by atoms with E-state index in [9.17, 15) is 0 Å². The Morgan fingerprint density at radius 3 is 1.00 bits per heavy atom. The van der Waals surface area contributed by atoms with Crippen molar-refractivity contribution in [3.05, 3.63) is 0 Å². The molecular weight excluding hydrogens is 151 g/mol. The quantitative estimate of drug-likeness (QED) is 0.309. The standard InChI is InChI=1S/K.H9Si4/c;1-4(2)3/h;1-3H3/q+1;-1. The molecular formula is H9KSi4. The summed E-state index contributed by atoms with van der Waals surface area (Å²) in [5.74, 6) is 0. The van der Waals surface area contributed by atoms with Crippen molar-refractivity contribution in [2.24, 2.45) is 0 Å². The van der Waals surface area contributed by atoms with E-state index < -0.39 is 0 Å². The molecule has 0 aromatic carbocycles. The van der Waals surface area contributed by atoms with Crippen LogP contribution in [0.3, 0.4) is 0 Å². The van der Waals surface area contributed by atoms with E-state index in [1.807, 2.05) is 0 Å². The summed E-state index contributed by atoms with van der Waals surface area (Å²) < 4.78 is 0. The number of hydrogen-bond acceptors (Lipinski definition) is 0. The van der Waals surface area contributed by atoms with Gasteiger partial charge in [0.1, 0.15) is 0 Å². The van der Waals surface area contributed by atoms with Crippen LogP contribution in [0.5, 0.6) is 0 Å². The topological polar surface area (TPSA) is 0 Å². The Bertz CT molecular complexity index is 8.36. The Kier molecular flexibility index (Phi) is 13.6. The molecule has 0 bridgehead atoms. The fraction of sp³-hybridized carbons (Fsp3) is 0. The van der Waals surface area contributed by atoms with Crippen LogP contribution in [0, 0.1) is 0 Å². The van der Waals surface area contributed by atoms with Crippen LogP contribution in [0.1, 0.15) is 0 Å². The third kappa shape index (κ3) is 21.0. The van der Waals surface area contributed by atoms with Gasteiger partial charge in [-0.1, -0.05) is 0 Å². The third-order valence-corrected chi connectivity index (χ3v) is 0. The zero-order chi connectivity index (χ0) is 3.58. The summed E-state index contributed by atoms with van der Waals surface area (Å²) >= 11 is 0. The average molecular weight is 161 g/mol. The SMILES string of the molecule is [K+].[SiH3][Si-]([SiH3])[SiH3]. The molecule has 0 spiro atoms. The van der Waals surface area contributed by atoms with Gasteiger partial charge in [0.15, 0.2) is 0 Å². The Labute approximate surface area is 86.2 Å². The van der Waals surface area contributed by atoms with Gasteiger partial charge in [-0.3, -0.25) is 7.35 Å². The van der Waals surface area contributed by atoms with Gasteiger partial charge < -0.3 is 0 Å². The molecule has 0 fully saturated rings. The summed E-state index contributed by atoms with van der Waals surface area (Å²) in [6.07, 6.45) is 0. The Hall–Kier alpha value is 2.50. The molecule has 0 aliphatic carbocycles. The van der Waals surface area contributed by atoms with Crippen molar-refractivity contribution in [3.8, 4) is 0 Å². The van der Waals surface area contributed by atoms with Crippen molar-refractivity contribution in [1.29, 1.82) is 0 Å². The van der Waals surface area contributed by atoms with E-state index in [2.05, 4.69) is 0 Å². The maximum atomic E-state index is 1.57. The molecule has 0 radical (unpaired) electrons. The summed E-state index contributed by atoms with van der Waals surface area (Å²) in [6, 6.07) is 0. The van der Waals surface area contributed by atoms with E-state index in [1.54, 1.807) is 29.3 Å². The van der Waals surface area contributed by atoms with E-state index in [0.29, 0.717) is 7.35 Å². The van der Waals surface area contributed by atoms with Gasteiger partial charge in [0, 0.05) is 0 Å². The maximum Gasteiger partial charge on any atom is 1.00 e. The van der Waals surface area contributed by atoms with Gasteiger partial charge in [-0.2, -0.15) is 0 Å². The minimum atomic E-state index is 0. The van der Waals surface area contributed by atoms with Gasteiger partial charge in [0.05, 0.1) is 0 Å². The monoisotopic (exact) mass is 160 g/mol. The molecule has 0 aromatic rings. The van der Waals surface area contributed by atoms with Crippen LogP contribution in [0.4, 0.5) is 0 Å². The first-order valence-corrected chi connectivity index (χ1v) is 13.5. The predicted octanol–water partition coefficient (Wildman–Crippen LogP) is -6.93. The minimum absolute atomic E-state index is 0. The first-order valence-electron chi connectivity index (χ1n) is 1.50. The Morgan fingerprint density at radius 1 is 1.00 bits per heavy atom. The fourth-order valence-electron chi connectivity index (χ4n) is 0. The Morgan fingerprint density at radius 2 is 1.00 bits per heavy atom. The molecule has 0 aliphatic rings. The van der Waals surface area contributed by atoms with Crippen molar-refractivity contribution < 1.29 is 51.4 Å². The number of hydrogen-bond donors (Lipinski definition) is 0. The molecule has 0 aliphatic heterocycles.